The van der Waals surface area contributed by atoms with Gasteiger partial charge in [0.15, 0.2) is 6.61 Å². The van der Waals surface area contributed by atoms with Gasteiger partial charge in [0.2, 0.25) is 5.91 Å². The zero-order chi connectivity index (χ0) is 24.3. The van der Waals surface area contributed by atoms with Crippen molar-refractivity contribution < 1.29 is 14.3 Å². The Morgan fingerprint density at radius 3 is 2.21 bits per heavy atom. The first-order valence-corrected chi connectivity index (χ1v) is 11.9. The van der Waals surface area contributed by atoms with Crippen LogP contribution < -0.4 is 10.1 Å². The molecule has 0 fully saturated rings. The number of nitrogens with one attached hydrogen (secondary N) is 1. The third-order valence-corrected chi connectivity index (χ3v) is 5.86. The maximum Gasteiger partial charge on any atom is 0.261 e. The van der Waals surface area contributed by atoms with Gasteiger partial charge in [-0.05, 0) is 42.7 Å². The zero-order valence-corrected chi connectivity index (χ0v) is 20.4. The highest BCUT2D eigenvalue weighted by molar-refractivity contribution is 6.30. The Hall–Kier alpha value is -3.31. The molecule has 0 aliphatic rings. The Labute approximate surface area is 206 Å². The van der Waals surface area contributed by atoms with Crippen molar-refractivity contribution in [3.05, 3.63) is 101 Å². The van der Waals surface area contributed by atoms with Crippen LogP contribution in [0.15, 0.2) is 84.9 Å². The van der Waals surface area contributed by atoms with Crippen LogP contribution in [0.2, 0.25) is 5.02 Å². The summed E-state index contributed by atoms with van der Waals surface area (Å²) in [7, 11) is 0. The van der Waals surface area contributed by atoms with E-state index in [-0.39, 0.29) is 24.5 Å². The van der Waals surface area contributed by atoms with Crippen LogP contribution in [0, 0.1) is 0 Å². The van der Waals surface area contributed by atoms with E-state index in [9.17, 15) is 9.59 Å². The standard InChI is InChI=1S/C28H31ClN2O3/c1-3-21(2)30-28(33)26(17-22-11-6-4-7-12-22)31(19-23-13-8-5-9-14-23)27(32)20-34-25-16-10-15-24(29)18-25/h4-16,18,21,26H,3,17,19-20H2,1-2H3,(H,30,33). The van der Waals surface area contributed by atoms with Crippen LogP contribution in [0.3, 0.4) is 0 Å². The summed E-state index contributed by atoms with van der Waals surface area (Å²) < 4.78 is 5.74. The van der Waals surface area contributed by atoms with Crippen LogP contribution in [0.1, 0.15) is 31.4 Å². The first kappa shape index (κ1) is 25.3. The van der Waals surface area contributed by atoms with Crippen molar-refractivity contribution in [2.24, 2.45) is 0 Å². The molecule has 1 N–H and O–H groups in total. The summed E-state index contributed by atoms with van der Waals surface area (Å²) in [6.45, 7) is 4.07. The number of nitrogens with zero attached hydrogens (tertiary/aromatic N) is 1. The molecule has 0 spiro atoms. The van der Waals surface area contributed by atoms with Gasteiger partial charge < -0.3 is 15.0 Å². The average Bonchev–Trinajstić information content (AvgIpc) is 2.85. The van der Waals surface area contributed by atoms with Crippen molar-refractivity contribution in [2.45, 2.75) is 45.3 Å². The number of benzene rings is 3. The molecule has 0 saturated carbocycles. The van der Waals surface area contributed by atoms with Crippen molar-refractivity contribution in [3.8, 4) is 5.75 Å². The summed E-state index contributed by atoms with van der Waals surface area (Å²) in [6, 6.07) is 25.6. The molecule has 0 aliphatic carbocycles. The van der Waals surface area contributed by atoms with Gasteiger partial charge in [-0.15, -0.1) is 0 Å². The number of carbonyl (C=O) groups excluding carboxylic acids is 2. The van der Waals surface area contributed by atoms with Crippen molar-refractivity contribution in [3.63, 3.8) is 0 Å². The van der Waals surface area contributed by atoms with Gasteiger partial charge in [0.25, 0.3) is 5.91 Å². The topological polar surface area (TPSA) is 58.6 Å². The van der Waals surface area contributed by atoms with Crippen molar-refractivity contribution in [2.75, 3.05) is 6.61 Å². The summed E-state index contributed by atoms with van der Waals surface area (Å²) in [5.41, 5.74) is 1.92. The largest absolute Gasteiger partial charge is 0.484 e. The van der Waals surface area contributed by atoms with E-state index < -0.39 is 6.04 Å². The fraction of sp³-hybridized carbons (Fsp3) is 0.286. The van der Waals surface area contributed by atoms with Crippen molar-refractivity contribution in [1.29, 1.82) is 0 Å². The van der Waals surface area contributed by atoms with E-state index in [0.29, 0.717) is 23.7 Å². The number of carbonyl (C=O) groups is 2. The molecule has 2 unspecified atom stereocenters. The Morgan fingerprint density at radius 1 is 0.941 bits per heavy atom. The van der Waals surface area contributed by atoms with Gasteiger partial charge in [-0.2, -0.15) is 0 Å². The SMILES string of the molecule is CCC(C)NC(=O)C(Cc1ccccc1)N(Cc1ccccc1)C(=O)COc1cccc(Cl)c1. The monoisotopic (exact) mass is 478 g/mol. The highest BCUT2D eigenvalue weighted by Crippen LogP contribution is 2.19. The minimum absolute atomic E-state index is 0.00200. The minimum atomic E-state index is -0.688. The molecule has 2 atom stereocenters. The molecular weight excluding hydrogens is 448 g/mol. The molecule has 178 valence electrons. The summed E-state index contributed by atoms with van der Waals surface area (Å²) in [6.07, 6.45) is 1.20. The molecule has 3 rings (SSSR count). The minimum Gasteiger partial charge on any atom is -0.484 e. The molecule has 0 aromatic heterocycles. The maximum atomic E-state index is 13.5. The number of amides is 2. The molecule has 5 nitrogen and oxygen atoms in total. The average molecular weight is 479 g/mol. The van der Waals surface area contributed by atoms with E-state index in [2.05, 4.69) is 5.32 Å². The van der Waals surface area contributed by atoms with E-state index in [0.717, 1.165) is 17.5 Å². The van der Waals surface area contributed by atoms with E-state index in [4.69, 9.17) is 16.3 Å². The summed E-state index contributed by atoms with van der Waals surface area (Å²) in [5.74, 6) is 0.0541. The van der Waals surface area contributed by atoms with Crippen LogP contribution in [0.4, 0.5) is 0 Å². The third-order valence-electron chi connectivity index (χ3n) is 5.63. The Bertz CT molecular complexity index is 1060. The van der Waals surface area contributed by atoms with Crippen LogP contribution in [0.5, 0.6) is 5.75 Å². The zero-order valence-electron chi connectivity index (χ0n) is 19.6. The number of hydrogen-bond acceptors (Lipinski definition) is 3. The van der Waals surface area contributed by atoms with E-state index in [1.54, 1.807) is 29.2 Å². The van der Waals surface area contributed by atoms with Crippen LogP contribution in [0.25, 0.3) is 0 Å². The Kier molecular flexibility index (Phi) is 9.53. The first-order chi connectivity index (χ1) is 16.5. The molecule has 0 aliphatic heterocycles. The summed E-state index contributed by atoms with van der Waals surface area (Å²) >= 11 is 6.05. The third kappa shape index (κ3) is 7.63. The second kappa shape index (κ2) is 12.8. The van der Waals surface area contributed by atoms with Gasteiger partial charge in [-0.1, -0.05) is 85.3 Å². The van der Waals surface area contributed by atoms with Crippen LogP contribution in [-0.4, -0.2) is 35.4 Å². The normalized spacial score (nSPS) is 12.4. The molecular formula is C28H31ClN2O3. The van der Waals surface area contributed by atoms with Crippen molar-refractivity contribution >= 4 is 23.4 Å². The lowest BCUT2D eigenvalue weighted by Crippen LogP contribution is -2.53. The molecule has 3 aromatic carbocycles. The molecule has 0 heterocycles. The fourth-order valence-corrected chi connectivity index (χ4v) is 3.74. The van der Waals surface area contributed by atoms with Gasteiger partial charge in [-0.3, -0.25) is 9.59 Å². The number of halogens is 1. The van der Waals surface area contributed by atoms with E-state index in [1.165, 1.54) is 0 Å². The van der Waals surface area contributed by atoms with Gasteiger partial charge in [0, 0.05) is 24.0 Å². The number of rotatable bonds is 11. The lowest BCUT2D eigenvalue weighted by atomic mass is 10.0. The maximum absolute atomic E-state index is 13.5. The first-order valence-electron chi connectivity index (χ1n) is 11.5. The second-order valence-corrected chi connectivity index (χ2v) is 8.71. The second-order valence-electron chi connectivity index (χ2n) is 8.28. The van der Waals surface area contributed by atoms with E-state index >= 15 is 0 Å². The van der Waals surface area contributed by atoms with Crippen LogP contribution >= 0.6 is 11.6 Å². The van der Waals surface area contributed by atoms with Gasteiger partial charge in [-0.25, -0.2) is 0 Å². The Balaban J connectivity index is 1.89. The molecule has 34 heavy (non-hydrogen) atoms. The molecule has 0 bridgehead atoms. The van der Waals surface area contributed by atoms with Gasteiger partial charge >= 0.3 is 0 Å². The quantitative estimate of drug-likeness (QED) is 0.408. The predicted octanol–water partition coefficient (Wildman–Crippen LogP) is 5.27. The van der Waals surface area contributed by atoms with E-state index in [1.807, 2.05) is 74.5 Å². The fourth-order valence-electron chi connectivity index (χ4n) is 3.56. The molecule has 0 saturated heterocycles. The lowest BCUT2D eigenvalue weighted by molar-refractivity contribution is -0.143. The van der Waals surface area contributed by atoms with Gasteiger partial charge in [0.05, 0.1) is 0 Å². The number of hydrogen-bond donors (Lipinski definition) is 1. The smallest absolute Gasteiger partial charge is 0.261 e. The summed E-state index contributed by atoms with van der Waals surface area (Å²) in [4.78, 5) is 28.5. The van der Waals surface area contributed by atoms with Crippen molar-refractivity contribution in [1.82, 2.24) is 10.2 Å². The molecule has 0 radical (unpaired) electrons. The molecule has 6 heteroatoms. The summed E-state index contributed by atoms with van der Waals surface area (Å²) in [5, 5.41) is 3.59. The van der Waals surface area contributed by atoms with Crippen LogP contribution in [-0.2, 0) is 22.6 Å². The highest BCUT2D eigenvalue weighted by Gasteiger charge is 2.31. The predicted molar refractivity (Wildman–Crippen MR) is 136 cm³/mol. The highest BCUT2D eigenvalue weighted by atomic mass is 35.5. The number of ether oxygens (including phenoxy) is 1. The molecule has 3 aromatic rings. The van der Waals surface area contributed by atoms with Gasteiger partial charge in [0.1, 0.15) is 11.8 Å². The Morgan fingerprint density at radius 2 is 1.59 bits per heavy atom. The lowest BCUT2D eigenvalue weighted by Gasteiger charge is -2.32. The molecule has 2 amide bonds.